The zero-order valence-electron chi connectivity index (χ0n) is 9.93. The van der Waals surface area contributed by atoms with Crippen LogP contribution < -0.4 is 5.32 Å². The maximum atomic E-state index is 11.6. The minimum atomic E-state index is -0.995. The second-order valence-corrected chi connectivity index (χ2v) is 4.45. The van der Waals surface area contributed by atoms with Crippen LogP contribution in [0.1, 0.15) is 29.6 Å². The van der Waals surface area contributed by atoms with Crippen molar-refractivity contribution in [2.75, 3.05) is 6.54 Å². The molecule has 98 valence electrons. The highest BCUT2D eigenvalue weighted by Gasteiger charge is 2.12. The van der Waals surface area contributed by atoms with E-state index in [1.807, 2.05) is 6.07 Å². The van der Waals surface area contributed by atoms with Gasteiger partial charge in [-0.05, 0) is 31.4 Å². The van der Waals surface area contributed by atoms with E-state index < -0.39 is 11.3 Å². The number of carbonyl (C=O) groups excluding carboxylic acids is 1. The lowest BCUT2D eigenvalue weighted by Crippen LogP contribution is -2.24. The van der Waals surface area contributed by atoms with Crippen LogP contribution in [0.25, 0.3) is 0 Å². The van der Waals surface area contributed by atoms with E-state index in [0.717, 1.165) is 6.42 Å². The molecule has 0 radical (unpaired) electrons. The van der Waals surface area contributed by atoms with Gasteiger partial charge in [-0.25, -0.2) is 0 Å². The van der Waals surface area contributed by atoms with Gasteiger partial charge in [0.05, 0.1) is 0 Å². The first-order chi connectivity index (χ1) is 8.61. The molecule has 2 N–H and O–H groups in total. The van der Waals surface area contributed by atoms with Crippen LogP contribution in [0.5, 0.6) is 0 Å². The molecule has 0 bridgehead atoms. The van der Waals surface area contributed by atoms with Crippen LogP contribution in [0.2, 0.25) is 0 Å². The van der Waals surface area contributed by atoms with Crippen molar-refractivity contribution in [3.63, 3.8) is 0 Å². The van der Waals surface area contributed by atoms with Gasteiger partial charge in [0.15, 0.2) is 0 Å². The van der Waals surface area contributed by atoms with E-state index in [9.17, 15) is 9.59 Å². The fourth-order valence-electron chi connectivity index (χ4n) is 1.47. The summed E-state index contributed by atoms with van der Waals surface area (Å²) >= 11 is 5.57. The van der Waals surface area contributed by atoms with E-state index in [-0.39, 0.29) is 5.91 Å². The van der Waals surface area contributed by atoms with Crippen molar-refractivity contribution in [3.8, 4) is 0 Å². The number of carboxylic acids is 1. The molecule has 0 aromatic heterocycles. The van der Waals surface area contributed by atoms with Crippen LogP contribution in [0, 0.1) is 0 Å². The maximum absolute atomic E-state index is 11.6. The first-order valence-electron chi connectivity index (χ1n) is 5.81. The molecule has 18 heavy (non-hydrogen) atoms. The van der Waals surface area contributed by atoms with Gasteiger partial charge in [-0.3, -0.25) is 9.59 Å². The molecule has 0 unspecified atom stereocenters. The molecule has 4 nitrogen and oxygen atoms in total. The Morgan fingerprint density at radius 3 is 2.50 bits per heavy atom. The van der Waals surface area contributed by atoms with Crippen molar-refractivity contribution in [2.45, 2.75) is 24.6 Å². The van der Waals surface area contributed by atoms with E-state index in [2.05, 4.69) is 5.32 Å². The Kier molecular flexibility index (Phi) is 6.22. The fraction of sp³-hybridized carbons (Fsp3) is 0.385. The molecule has 1 aromatic rings. The molecule has 0 spiro atoms. The van der Waals surface area contributed by atoms with Gasteiger partial charge in [-0.2, -0.15) is 0 Å². The summed E-state index contributed by atoms with van der Waals surface area (Å²) in [5.41, 5.74) is 0.623. The van der Waals surface area contributed by atoms with E-state index in [1.54, 1.807) is 24.3 Å². The largest absolute Gasteiger partial charge is 0.480 e. The number of halogens is 1. The first-order valence-corrected chi connectivity index (χ1v) is 6.25. The quantitative estimate of drug-likeness (QED) is 0.589. The number of rotatable bonds is 7. The molecule has 1 amide bonds. The Morgan fingerprint density at radius 1 is 1.22 bits per heavy atom. The minimum Gasteiger partial charge on any atom is -0.480 e. The third-order valence-corrected chi connectivity index (χ3v) is 2.88. The topological polar surface area (TPSA) is 66.4 Å². The summed E-state index contributed by atoms with van der Waals surface area (Å²) in [4.78, 5) is 22.1. The Labute approximate surface area is 111 Å². The summed E-state index contributed by atoms with van der Waals surface area (Å²) in [7, 11) is 0. The molecule has 0 aliphatic carbocycles. The number of benzene rings is 1. The molecular weight excluding hydrogens is 254 g/mol. The van der Waals surface area contributed by atoms with Crippen molar-refractivity contribution in [3.05, 3.63) is 35.9 Å². The maximum Gasteiger partial charge on any atom is 0.321 e. The molecular formula is C13H16ClNO3. The van der Waals surface area contributed by atoms with Gasteiger partial charge in [0.2, 0.25) is 0 Å². The van der Waals surface area contributed by atoms with Gasteiger partial charge in [-0.15, -0.1) is 11.6 Å². The molecule has 0 heterocycles. The van der Waals surface area contributed by atoms with E-state index in [4.69, 9.17) is 16.7 Å². The van der Waals surface area contributed by atoms with Crippen molar-refractivity contribution >= 4 is 23.5 Å². The average Bonchev–Trinajstić information content (AvgIpc) is 2.38. The molecule has 0 saturated carbocycles. The molecule has 0 aliphatic heterocycles. The predicted molar refractivity (Wildman–Crippen MR) is 69.9 cm³/mol. The van der Waals surface area contributed by atoms with Crippen molar-refractivity contribution in [2.24, 2.45) is 0 Å². The number of unbranched alkanes of at least 4 members (excludes halogenated alkanes) is 1. The Morgan fingerprint density at radius 2 is 1.89 bits per heavy atom. The van der Waals surface area contributed by atoms with E-state index >= 15 is 0 Å². The molecule has 5 heteroatoms. The minimum absolute atomic E-state index is 0.115. The second-order valence-electron chi connectivity index (χ2n) is 3.92. The smallest absolute Gasteiger partial charge is 0.321 e. The summed E-state index contributed by atoms with van der Waals surface area (Å²) in [5.74, 6) is -1.11. The number of amides is 1. The SMILES string of the molecule is O=C(NCCCC[C@H](Cl)C(=O)O)c1ccccc1. The normalized spacial score (nSPS) is 11.8. The Hall–Kier alpha value is -1.55. The zero-order valence-corrected chi connectivity index (χ0v) is 10.7. The monoisotopic (exact) mass is 269 g/mol. The summed E-state index contributed by atoms with van der Waals surface area (Å²) in [6.07, 6.45) is 1.81. The van der Waals surface area contributed by atoms with Crippen LogP contribution in [0.4, 0.5) is 0 Å². The summed E-state index contributed by atoms with van der Waals surface area (Å²) in [6, 6.07) is 8.95. The highest BCUT2D eigenvalue weighted by molar-refractivity contribution is 6.29. The van der Waals surface area contributed by atoms with Gasteiger partial charge in [0.25, 0.3) is 5.91 Å². The molecule has 0 saturated heterocycles. The molecule has 1 atom stereocenters. The molecule has 0 fully saturated rings. The second kappa shape index (κ2) is 7.71. The van der Waals surface area contributed by atoms with Crippen molar-refractivity contribution < 1.29 is 14.7 Å². The van der Waals surface area contributed by atoms with Crippen LogP contribution in [-0.2, 0) is 4.79 Å². The van der Waals surface area contributed by atoms with Gasteiger partial charge in [-0.1, -0.05) is 18.2 Å². The van der Waals surface area contributed by atoms with Crippen LogP contribution >= 0.6 is 11.6 Å². The number of nitrogens with one attached hydrogen (secondary N) is 1. The third-order valence-electron chi connectivity index (χ3n) is 2.47. The Balaban J connectivity index is 2.15. The van der Waals surface area contributed by atoms with Crippen LogP contribution in [0.3, 0.4) is 0 Å². The van der Waals surface area contributed by atoms with Crippen LogP contribution in [0.15, 0.2) is 30.3 Å². The predicted octanol–water partition coefficient (Wildman–Crippen LogP) is 2.28. The highest BCUT2D eigenvalue weighted by atomic mass is 35.5. The highest BCUT2D eigenvalue weighted by Crippen LogP contribution is 2.07. The number of alkyl halides is 1. The zero-order chi connectivity index (χ0) is 13.4. The number of hydrogen-bond donors (Lipinski definition) is 2. The van der Waals surface area contributed by atoms with Crippen LogP contribution in [-0.4, -0.2) is 28.9 Å². The number of carbonyl (C=O) groups is 2. The lowest BCUT2D eigenvalue weighted by Gasteiger charge is -2.06. The molecule has 1 rings (SSSR count). The summed E-state index contributed by atoms with van der Waals surface area (Å²) in [6.45, 7) is 0.525. The van der Waals surface area contributed by atoms with Gasteiger partial charge >= 0.3 is 5.97 Å². The Bertz CT molecular complexity index is 394. The number of carboxylic acid groups (broad SMARTS) is 1. The fourth-order valence-corrected chi connectivity index (χ4v) is 1.62. The summed E-state index contributed by atoms with van der Waals surface area (Å²) < 4.78 is 0. The average molecular weight is 270 g/mol. The van der Waals surface area contributed by atoms with Gasteiger partial charge < -0.3 is 10.4 Å². The first kappa shape index (κ1) is 14.5. The summed E-state index contributed by atoms with van der Waals surface area (Å²) in [5, 5.41) is 10.5. The van der Waals surface area contributed by atoms with Gasteiger partial charge in [0, 0.05) is 12.1 Å². The number of hydrogen-bond acceptors (Lipinski definition) is 2. The van der Waals surface area contributed by atoms with E-state index in [0.29, 0.717) is 24.9 Å². The lowest BCUT2D eigenvalue weighted by molar-refractivity contribution is -0.136. The molecule has 1 aromatic carbocycles. The number of aliphatic carboxylic acids is 1. The molecule has 0 aliphatic rings. The lowest BCUT2D eigenvalue weighted by atomic mass is 10.2. The van der Waals surface area contributed by atoms with Crippen molar-refractivity contribution in [1.82, 2.24) is 5.32 Å². The van der Waals surface area contributed by atoms with Crippen molar-refractivity contribution in [1.29, 1.82) is 0 Å². The third kappa shape index (κ3) is 5.19. The van der Waals surface area contributed by atoms with Gasteiger partial charge in [0.1, 0.15) is 5.38 Å². The standard InChI is InChI=1S/C13H16ClNO3/c14-11(13(17)18)8-4-5-9-15-12(16)10-6-2-1-3-7-10/h1-3,6-7,11H,4-5,8-9H2,(H,15,16)(H,17,18)/t11-/m0/s1. The van der Waals surface area contributed by atoms with E-state index in [1.165, 1.54) is 0 Å².